The number of amides is 1. The smallest absolute Gasteiger partial charge is 0.348 e. The van der Waals surface area contributed by atoms with Gasteiger partial charge in [0.2, 0.25) is 0 Å². The van der Waals surface area contributed by atoms with E-state index in [1.807, 2.05) is 54.6 Å². The van der Waals surface area contributed by atoms with Gasteiger partial charge in [0.25, 0.3) is 5.91 Å². The molecule has 202 valence electrons. The van der Waals surface area contributed by atoms with Crippen LogP contribution in [0, 0.1) is 6.92 Å². The lowest BCUT2D eigenvalue weighted by Crippen LogP contribution is -2.17. The number of benzene rings is 2. The van der Waals surface area contributed by atoms with E-state index < -0.39 is 17.8 Å². The first-order valence-electron chi connectivity index (χ1n) is 12.4. The summed E-state index contributed by atoms with van der Waals surface area (Å²) < 4.78 is 17.7. The van der Waals surface area contributed by atoms with E-state index in [0.717, 1.165) is 22.5 Å². The number of nitrogens with one attached hydrogen (secondary N) is 1. The predicted octanol–water partition coefficient (Wildman–Crippen LogP) is 5.95. The molecule has 1 N–H and O–H groups in total. The van der Waals surface area contributed by atoms with Crippen LogP contribution in [-0.2, 0) is 16.2 Å². The van der Waals surface area contributed by atoms with Crippen LogP contribution in [0.15, 0.2) is 66.9 Å². The molecule has 0 aliphatic rings. The van der Waals surface area contributed by atoms with Crippen LogP contribution in [0.4, 0.5) is 5.00 Å². The summed E-state index contributed by atoms with van der Waals surface area (Å²) in [4.78, 5) is 38.4. The molecule has 2 aromatic carbocycles. The maximum absolute atomic E-state index is 13.0. The second-order valence-electron chi connectivity index (χ2n) is 8.79. The van der Waals surface area contributed by atoms with Crippen molar-refractivity contribution in [3.05, 3.63) is 88.6 Å². The zero-order valence-corrected chi connectivity index (χ0v) is 22.9. The fourth-order valence-electron chi connectivity index (χ4n) is 3.75. The van der Waals surface area contributed by atoms with Gasteiger partial charge in [-0.05, 0) is 62.6 Å². The average Bonchev–Trinajstić information content (AvgIpc) is 3.52. The van der Waals surface area contributed by atoms with Crippen molar-refractivity contribution < 1.29 is 28.6 Å². The van der Waals surface area contributed by atoms with Crippen molar-refractivity contribution in [3.63, 3.8) is 0 Å². The number of thiophene rings is 1. The molecule has 39 heavy (non-hydrogen) atoms. The number of anilines is 1. The molecule has 2 heterocycles. The SMILES string of the molecule is CCOC(=O)c1sc(NC(=O)c2ccn(COc3ccc(-c4ccccc4)cc3)n2)c(C(=O)OC(C)C)c1C. The number of rotatable bonds is 10. The van der Waals surface area contributed by atoms with Gasteiger partial charge in [-0.25, -0.2) is 14.3 Å². The Balaban J connectivity index is 1.44. The molecule has 0 bridgehead atoms. The minimum Gasteiger partial charge on any atom is -0.471 e. The Labute approximate surface area is 230 Å². The van der Waals surface area contributed by atoms with E-state index in [1.54, 1.807) is 33.9 Å². The fourth-order valence-corrected chi connectivity index (χ4v) is 4.83. The Morgan fingerprint density at radius 1 is 0.974 bits per heavy atom. The summed E-state index contributed by atoms with van der Waals surface area (Å²) in [6, 6.07) is 19.3. The highest BCUT2D eigenvalue weighted by Gasteiger charge is 2.28. The van der Waals surface area contributed by atoms with Crippen LogP contribution in [0.5, 0.6) is 5.75 Å². The molecular formula is C29H29N3O6S. The predicted molar refractivity (Wildman–Crippen MR) is 148 cm³/mol. The second-order valence-corrected chi connectivity index (χ2v) is 9.81. The van der Waals surface area contributed by atoms with Crippen LogP contribution < -0.4 is 10.1 Å². The van der Waals surface area contributed by atoms with E-state index in [4.69, 9.17) is 14.2 Å². The lowest BCUT2D eigenvalue weighted by molar-refractivity contribution is 0.0379. The number of hydrogen-bond donors (Lipinski definition) is 1. The monoisotopic (exact) mass is 547 g/mol. The molecule has 0 saturated carbocycles. The highest BCUT2D eigenvalue weighted by atomic mass is 32.1. The number of aromatic nitrogens is 2. The van der Waals surface area contributed by atoms with Crippen molar-refractivity contribution in [3.8, 4) is 16.9 Å². The van der Waals surface area contributed by atoms with Gasteiger partial charge in [0.1, 0.15) is 15.6 Å². The van der Waals surface area contributed by atoms with Crippen molar-refractivity contribution in [1.29, 1.82) is 0 Å². The van der Waals surface area contributed by atoms with Gasteiger partial charge in [-0.15, -0.1) is 11.3 Å². The Kier molecular flexibility index (Phi) is 8.77. The number of hydrogen-bond acceptors (Lipinski definition) is 8. The summed E-state index contributed by atoms with van der Waals surface area (Å²) in [5, 5.41) is 7.17. The summed E-state index contributed by atoms with van der Waals surface area (Å²) >= 11 is 0.960. The summed E-state index contributed by atoms with van der Waals surface area (Å²) in [7, 11) is 0. The fraction of sp³-hybridized carbons (Fsp3) is 0.241. The number of carbonyl (C=O) groups is 3. The first kappa shape index (κ1) is 27.6. The normalized spacial score (nSPS) is 10.8. The summed E-state index contributed by atoms with van der Waals surface area (Å²) in [6.07, 6.45) is 1.24. The standard InChI is InChI=1S/C29H29N3O6S/c1-5-36-29(35)25-19(4)24(28(34)38-18(2)3)27(39-25)30-26(33)23-15-16-32(31-23)17-37-22-13-11-21(12-14-22)20-9-7-6-8-10-20/h6-16,18H,5,17H2,1-4H3,(H,30,33). The molecule has 0 aliphatic heterocycles. The van der Waals surface area contributed by atoms with E-state index in [-0.39, 0.29) is 40.6 Å². The third-order valence-electron chi connectivity index (χ3n) is 5.58. The quantitative estimate of drug-likeness (QED) is 0.244. The van der Waals surface area contributed by atoms with Gasteiger partial charge in [0.15, 0.2) is 12.4 Å². The van der Waals surface area contributed by atoms with E-state index in [0.29, 0.717) is 11.3 Å². The summed E-state index contributed by atoms with van der Waals surface area (Å²) in [5.41, 5.74) is 2.81. The lowest BCUT2D eigenvalue weighted by Gasteiger charge is -2.10. The molecule has 10 heteroatoms. The van der Waals surface area contributed by atoms with Crippen molar-refractivity contribution in [2.45, 2.75) is 40.5 Å². The van der Waals surface area contributed by atoms with E-state index in [9.17, 15) is 14.4 Å². The molecule has 1 amide bonds. The van der Waals surface area contributed by atoms with Crippen LogP contribution in [-0.4, -0.2) is 40.3 Å². The van der Waals surface area contributed by atoms with Crippen LogP contribution in [0.1, 0.15) is 56.9 Å². The van der Waals surface area contributed by atoms with Gasteiger partial charge in [-0.3, -0.25) is 4.79 Å². The highest BCUT2D eigenvalue weighted by molar-refractivity contribution is 7.18. The first-order valence-corrected chi connectivity index (χ1v) is 13.2. The zero-order valence-electron chi connectivity index (χ0n) is 22.1. The number of nitrogens with zero attached hydrogens (tertiary/aromatic N) is 2. The highest BCUT2D eigenvalue weighted by Crippen LogP contribution is 2.35. The van der Waals surface area contributed by atoms with E-state index in [2.05, 4.69) is 10.4 Å². The second kappa shape index (κ2) is 12.4. The number of esters is 2. The number of carbonyl (C=O) groups excluding carboxylic acids is 3. The largest absolute Gasteiger partial charge is 0.471 e. The van der Waals surface area contributed by atoms with Crippen LogP contribution in [0.3, 0.4) is 0 Å². The molecule has 0 saturated heterocycles. The van der Waals surface area contributed by atoms with Gasteiger partial charge in [-0.1, -0.05) is 42.5 Å². The van der Waals surface area contributed by atoms with Gasteiger partial charge < -0.3 is 19.5 Å². The summed E-state index contributed by atoms with van der Waals surface area (Å²) in [5.74, 6) is -1.10. The van der Waals surface area contributed by atoms with E-state index >= 15 is 0 Å². The van der Waals surface area contributed by atoms with Crippen LogP contribution in [0.25, 0.3) is 11.1 Å². The molecule has 0 fully saturated rings. The Morgan fingerprint density at radius 3 is 2.33 bits per heavy atom. The zero-order chi connectivity index (χ0) is 27.9. The lowest BCUT2D eigenvalue weighted by atomic mass is 10.1. The van der Waals surface area contributed by atoms with Gasteiger partial charge >= 0.3 is 11.9 Å². The van der Waals surface area contributed by atoms with Crippen molar-refractivity contribution in [2.75, 3.05) is 11.9 Å². The molecule has 9 nitrogen and oxygen atoms in total. The molecule has 0 atom stereocenters. The maximum atomic E-state index is 13.0. The molecule has 0 aliphatic carbocycles. The minimum atomic E-state index is -0.637. The molecule has 0 spiro atoms. The topological polar surface area (TPSA) is 109 Å². The third kappa shape index (κ3) is 6.71. The number of ether oxygens (including phenoxy) is 3. The molecular weight excluding hydrogens is 518 g/mol. The van der Waals surface area contributed by atoms with Gasteiger partial charge in [-0.2, -0.15) is 5.10 Å². The minimum absolute atomic E-state index is 0.0923. The average molecular weight is 548 g/mol. The van der Waals surface area contributed by atoms with Crippen LogP contribution in [0.2, 0.25) is 0 Å². The molecule has 4 rings (SSSR count). The Morgan fingerprint density at radius 2 is 1.67 bits per heavy atom. The molecule has 0 radical (unpaired) electrons. The maximum Gasteiger partial charge on any atom is 0.348 e. The van der Waals surface area contributed by atoms with Crippen molar-refractivity contribution in [1.82, 2.24) is 9.78 Å². The molecule has 4 aromatic rings. The van der Waals surface area contributed by atoms with E-state index in [1.165, 1.54) is 10.7 Å². The Bertz CT molecular complexity index is 1460. The van der Waals surface area contributed by atoms with Gasteiger partial charge in [0, 0.05) is 6.20 Å². The summed E-state index contributed by atoms with van der Waals surface area (Å²) in [6.45, 7) is 7.02. The molecule has 2 aromatic heterocycles. The Hall–Kier alpha value is -4.44. The van der Waals surface area contributed by atoms with Crippen molar-refractivity contribution >= 4 is 34.2 Å². The first-order chi connectivity index (χ1) is 18.8. The van der Waals surface area contributed by atoms with Crippen molar-refractivity contribution in [2.24, 2.45) is 0 Å². The molecule has 0 unspecified atom stereocenters. The third-order valence-corrected chi connectivity index (χ3v) is 6.77. The van der Waals surface area contributed by atoms with Gasteiger partial charge in [0.05, 0.1) is 18.3 Å². The van der Waals surface area contributed by atoms with Crippen LogP contribution >= 0.6 is 11.3 Å².